The van der Waals surface area contributed by atoms with Gasteiger partial charge in [-0.3, -0.25) is 4.99 Å². The van der Waals surface area contributed by atoms with Crippen molar-refractivity contribution in [1.29, 1.82) is 0 Å². The summed E-state index contributed by atoms with van der Waals surface area (Å²) in [7, 11) is 0. The van der Waals surface area contributed by atoms with Gasteiger partial charge in [0.15, 0.2) is 5.96 Å². The highest BCUT2D eigenvalue weighted by Crippen LogP contribution is 2.35. The highest BCUT2D eigenvalue weighted by Gasteiger charge is 2.35. The lowest BCUT2D eigenvalue weighted by atomic mass is 9.82. The van der Waals surface area contributed by atoms with Crippen LogP contribution in [0, 0.1) is 25.7 Å². The van der Waals surface area contributed by atoms with Crippen LogP contribution in [0.25, 0.3) is 0 Å². The van der Waals surface area contributed by atoms with Gasteiger partial charge in [0.1, 0.15) is 5.76 Å². The van der Waals surface area contributed by atoms with Crippen LogP contribution >= 0.6 is 24.0 Å². The summed E-state index contributed by atoms with van der Waals surface area (Å²) in [5.74, 6) is 3.79. The lowest BCUT2D eigenvalue weighted by Gasteiger charge is -2.22. The highest BCUT2D eigenvalue weighted by atomic mass is 127. The fourth-order valence-electron chi connectivity index (χ4n) is 4.14. The molecule has 1 aromatic rings. The number of aliphatic imine (C=N–C) groups is 1. The summed E-state index contributed by atoms with van der Waals surface area (Å²) in [5.41, 5.74) is 2.20. The third-order valence-corrected chi connectivity index (χ3v) is 5.42. The molecule has 3 rings (SSSR count). The topological polar surface area (TPSA) is 53.7 Å². The zero-order chi connectivity index (χ0) is 16.2. The fraction of sp³-hybridized carbons (Fsp3) is 0.778. The molecule has 0 bridgehead atoms. The summed E-state index contributed by atoms with van der Waals surface area (Å²) in [6.45, 7) is 10.2. The lowest BCUT2D eigenvalue weighted by molar-refractivity contribution is 0.299. The van der Waals surface area contributed by atoms with Crippen molar-refractivity contribution in [1.82, 2.24) is 15.4 Å². The maximum atomic E-state index is 5.24. The van der Waals surface area contributed by atoms with Gasteiger partial charge >= 0.3 is 0 Å². The van der Waals surface area contributed by atoms with Crippen molar-refractivity contribution in [3.8, 4) is 0 Å². The predicted molar refractivity (Wildman–Crippen MR) is 108 cm³/mol. The molecule has 1 saturated heterocycles. The minimum absolute atomic E-state index is 0. The fourth-order valence-corrected chi connectivity index (χ4v) is 4.14. The number of guanidine groups is 1. The molecule has 136 valence electrons. The van der Waals surface area contributed by atoms with Crippen LogP contribution in [0.3, 0.4) is 0 Å². The van der Waals surface area contributed by atoms with E-state index in [0.29, 0.717) is 0 Å². The van der Waals surface area contributed by atoms with E-state index in [-0.39, 0.29) is 24.0 Å². The Labute approximate surface area is 162 Å². The number of hydrogen-bond donors (Lipinski definition) is 1. The van der Waals surface area contributed by atoms with Gasteiger partial charge < -0.3 is 14.7 Å². The summed E-state index contributed by atoms with van der Waals surface area (Å²) in [6, 6.07) is 0. The molecule has 1 aromatic heterocycles. The average Bonchev–Trinajstić information content (AvgIpc) is 3.11. The van der Waals surface area contributed by atoms with Gasteiger partial charge in [0.2, 0.25) is 0 Å². The van der Waals surface area contributed by atoms with E-state index in [1.165, 1.54) is 44.3 Å². The van der Waals surface area contributed by atoms with Crippen LogP contribution in [-0.2, 0) is 6.42 Å². The number of likely N-dealkylation sites (tertiary alicyclic amines) is 1. The number of hydrogen-bond acceptors (Lipinski definition) is 3. The molecule has 2 heterocycles. The van der Waals surface area contributed by atoms with E-state index in [1.807, 2.05) is 13.8 Å². The molecular weight excluding hydrogens is 415 g/mol. The smallest absolute Gasteiger partial charge is 0.193 e. The molecule has 1 aliphatic carbocycles. The molecule has 5 nitrogen and oxygen atoms in total. The number of halogens is 1. The van der Waals surface area contributed by atoms with Crippen molar-refractivity contribution in [3.05, 3.63) is 17.0 Å². The predicted octanol–water partition coefficient (Wildman–Crippen LogP) is 3.54. The number of fused-ring (bicyclic) bond motifs is 1. The second-order valence-electron chi connectivity index (χ2n) is 7.00. The molecule has 0 radical (unpaired) electrons. The molecule has 2 fully saturated rings. The zero-order valence-electron chi connectivity index (χ0n) is 15.2. The molecule has 0 aromatic carbocycles. The third-order valence-electron chi connectivity index (χ3n) is 5.42. The van der Waals surface area contributed by atoms with E-state index >= 15 is 0 Å². The molecule has 0 spiro atoms. The quantitative estimate of drug-likeness (QED) is 0.437. The van der Waals surface area contributed by atoms with Crippen LogP contribution in [0.15, 0.2) is 9.52 Å². The van der Waals surface area contributed by atoms with E-state index in [1.54, 1.807) is 0 Å². The molecule has 6 heteroatoms. The van der Waals surface area contributed by atoms with Crippen LogP contribution in [0.5, 0.6) is 0 Å². The molecule has 1 saturated carbocycles. The number of aromatic nitrogens is 1. The maximum absolute atomic E-state index is 5.24. The van der Waals surface area contributed by atoms with Crippen LogP contribution < -0.4 is 5.32 Å². The van der Waals surface area contributed by atoms with E-state index in [9.17, 15) is 0 Å². The molecule has 0 amide bonds. The van der Waals surface area contributed by atoms with Crippen LogP contribution in [-0.4, -0.2) is 42.2 Å². The van der Waals surface area contributed by atoms with Crippen LogP contribution in [0.1, 0.15) is 49.6 Å². The van der Waals surface area contributed by atoms with E-state index < -0.39 is 0 Å². The van der Waals surface area contributed by atoms with Crippen molar-refractivity contribution in [2.24, 2.45) is 16.8 Å². The Morgan fingerprint density at radius 3 is 2.46 bits per heavy atom. The van der Waals surface area contributed by atoms with Gasteiger partial charge in [-0.1, -0.05) is 18.0 Å². The normalized spacial score (nSPS) is 23.8. The first-order chi connectivity index (χ1) is 11.2. The molecular formula is C18H31IN4O. The highest BCUT2D eigenvalue weighted by molar-refractivity contribution is 14.0. The van der Waals surface area contributed by atoms with Gasteiger partial charge in [-0.25, -0.2) is 0 Å². The Kier molecular flexibility index (Phi) is 7.37. The molecule has 1 aliphatic heterocycles. The molecule has 2 unspecified atom stereocenters. The van der Waals surface area contributed by atoms with Crippen molar-refractivity contribution < 1.29 is 4.52 Å². The van der Waals surface area contributed by atoms with Crippen molar-refractivity contribution >= 4 is 29.9 Å². The number of rotatable bonds is 4. The second kappa shape index (κ2) is 9.06. The van der Waals surface area contributed by atoms with E-state index in [0.717, 1.165) is 48.8 Å². The van der Waals surface area contributed by atoms with Gasteiger partial charge in [0, 0.05) is 31.7 Å². The maximum Gasteiger partial charge on any atom is 0.193 e. The van der Waals surface area contributed by atoms with Gasteiger partial charge in [-0.05, 0) is 51.9 Å². The second-order valence-corrected chi connectivity index (χ2v) is 7.00. The monoisotopic (exact) mass is 446 g/mol. The molecule has 2 aliphatic rings. The molecule has 2 atom stereocenters. The Balaban J connectivity index is 0.00000208. The van der Waals surface area contributed by atoms with Gasteiger partial charge in [-0.15, -0.1) is 24.0 Å². The summed E-state index contributed by atoms with van der Waals surface area (Å²) in [5, 5.41) is 7.51. The number of aryl methyl sites for hydroxylation is 2. The summed E-state index contributed by atoms with van der Waals surface area (Å²) in [6.07, 6.45) is 6.53. The molecule has 1 N–H and O–H groups in total. The first kappa shape index (κ1) is 19.5. The summed E-state index contributed by atoms with van der Waals surface area (Å²) < 4.78 is 5.24. The molecule has 24 heavy (non-hydrogen) atoms. The van der Waals surface area contributed by atoms with Gasteiger partial charge in [0.05, 0.1) is 5.69 Å². The minimum atomic E-state index is 0. The first-order valence-corrected chi connectivity index (χ1v) is 9.14. The van der Waals surface area contributed by atoms with Crippen LogP contribution in [0.2, 0.25) is 0 Å². The van der Waals surface area contributed by atoms with Crippen molar-refractivity contribution in [2.75, 3.05) is 26.2 Å². The Hall–Kier alpha value is -0.790. The largest absolute Gasteiger partial charge is 0.361 e. The first-order valence-electron chi connectivity index (χ1n) is 9.14. The lowest BCUT2D eigenvalue weighted by Crippen LogP contribution is -2.40. The Bertz CT molecular complexity index is 524. The standard InChI is InChI=1S/C18H30N4O.HI/c1-4-19-18(20-10-9-17-13(2)21-23-14(17)3)22-11-15-7-5-6-8-16(15)12-22;/h15-16H,4-12H2,1-3H3,(H,19,20);1H. The zero-order valence-corrected chi connectivity index (χ0v) is 17.5. The van der Waals surface area contributed by atoms with Gasteiger partial charge in [-0.2, -0.15) is 0 Å². The van der Waals surface area contributed by atoms with Crippen molar-refractivity contribution in [2.45, 2.75) is 52.9 Å². The minimum Gasteiger partial charge on any atom is -0.361 e. The average molecular weight is 446 g/mol. The van der Waals surface area contributed by atoms with E-state index in [4.69, 9.17) is 9.52 Å². The Morgan fingerprint density at radius 2 is 1.92 bits per heavy atom. The van der Waals surface area contributed by atoms with E-state index in [2.05, 4.69) is 22.3 Å². The van der Waals surface area contributed by atoms with Crippen LogP contribution in [0.4, 0.5) is 0 Å². The van der Waals surface area contributed by atoms with Crippen molar-refractivity contribution in [3.63, 3.8) is 0 Å². The Morgan fingerprint density at radius 1 is 1.25 bits per heavy atom. The number of nitrogens with one attached hydrogen (secondary N) is 1. The number of nitrogens with zero attached hydrogens (tertiary/aromatic N) is 3. The SMILES string of the molecule is CCNC(=NCCc1c(C)noc1C)N1CC2CCCCC2C1.I. The summed E-state index contributed by atoms with van der Waals surface area (Å²) in [4.78, 5) is 7.36. The van der Waals surface area contributed by atoms with Gasteiger partial charge in [0.25, 0.3) is 0 Å². The third kappa shape index (κ3) is 4.43. The summed E-state index contributed by atoms with van der Waals surface area (Å²) >= 11 is 0.